The molecule has 1 aromatic heterocycles. The van der Waals surface area contributed by atoms with Gasteiger partial charge in [-0.25, -0.2) is 13.9 Å². The number of alkyl halides is 3. The minimum Gasteiger partial charge on any atom is -0.477 e. The number of aromatic nitrogens is 2. The second-order valence-corrected chi connectivity index (χ2v) is 4.06. The molecule has 0 saturated heterocycles. The van der Waals surface area contributed by atoms with Crippen molar-refractivity contribution in [3.8, 4) is 5.69 Å². The summed E-state index contributed by atoms with van der Waals surface area (Å²) in [5.41, 5.74) is -0.716. The molecule has 0 aliphatic carbocycles. The maximum absolute atomic E-state index is 13.2. The Labute approximate surface area is 120 Å². The Bertz CT molecular complexity index is 739. The molecule has 2 rings (SSSR count). The van der Waals surface area contributed by atoms with Crippen LogP contribution in [0.3, 0.4) is 0 Å². The van der Waals surface area contributed by atoms with Gasteiger partial charge in [0.2, 0.25) is 0 Å². The van der Waals surface area contributed by atoms with Crippen LogP contribution in [0.4, 0.5) is 23.4 Å². The molecule has 22 heavy (non-hydrogen) atoms. The smallest absolute Gasteiger partial charge is 0.471 e. The molecule has 0 spiro atoms. The van der Waals surface area contributed by atoms with Crippen LogP contribution in [0.1, 0.15) is 10.4 Å². The number of halogens is 4. The number of carboxylic acids is 1. The first-order valence-corrected chi connectivity index (χ1v) is 5.65. The monoisotopic (exact) mass is 317 g/mol. The molecular weight excluding hydrogens is 310 g/mol. The SMILES string of the molecule is O=C(O)c1cnn(-c2cccc(F)c2)c1NC(=O)C(F)(F)F. The van der Waals surface area contributed by atoms with Crippen LogP contribution in [-0.2, 0) is 4.79 Å². The lowest BCUT2D eigenvalue weighted by atomic mass is 10.3. The molecule has 6 nitrogen and oxygen atoms in total. The molecule has 2 aromatic rings. The fourth-order valence-electron chi connectivity index (χ4n) is 1.61. The number of carbonyl (C=O) groups is 2. The van der Waals surface area contributed by atoms with E-state index in [1.807, 2.05) is 0 Å². The molecule has 0 aliphatic rings. The normalized spacial score (nSPS) is 11.3. The van der Waals surface area contributed by atoms with Gasteiger partial charge < -0.3 is 10.4 Å². The fourth-order valence-corrected chi connectivity index (χ4v) is 1.61. The predicted octanol–water partition coefficient (Wildman–Crippen LogP) is 2.21. The van der Waals surface area contributed by atoms with Gasteiger partial charge in [0, 0.05) is 0 Å². The van der Waals surface area contributed by atoms with E-state index in [4.69, 9.17) is 5.11 Å². The van der Waals surface area contributed by atoms with Crippen molar-refractivity contribution in [2.24, 2.45) is 0 Å². The number of carboxylic acid groups (broad SMARTS) is 1. The van der Waals surface area contributed by atoms with E-state index in [0.717, 1.165) is 18.3 Å². The number of hydrogen-bond donors (Lipinski definition) is 2. The van der Waals surface area contributed by atoms with Crippen LogP contribution in [0, 0.1) is 5.82 Å². The fraction of sp³-hybridized carbons (Fsp3) is 0.0833. The Kier molecular flexibility index (Phi) is 3.85. The van der Waals surface area contributed by atoms with Crippen molar-refractivity contribution in [3.05, 3.63) is 41.8 Å². The Balaban J connectivity index is 2.52. The molecule has 0 saturated carbocycles. The summed E-state index contributed by atoms with van der Waals surface area (Å²) < 4.78 is 50.8. The van der Waals surface area contributed by atoms with E-state index in [1.54, 1.807) is 0 Å². The van der Waals surface area contributed by atoms with Crippen molar-refractivity contribution in [2.45, 2.75) is 6.18 Å². The van der Waals surface area contributed by atoms with E-state index < -0.39 is 35.3 Å². The highest BCUT2D eigenvalue weighted by Crippen LogP contribution is 2.24. The van der Waals surface area contributed by atoms with Crippen molar-refractivity contribution in [2.75, 3.05) is 5.32 Å². The van der Waals surface area contributed by atoms with E-state index in [0.29, 0.717) is 4.68 Å². The van der Waals surface area contributed by atoms with Crippen LogP contribution >= 0.6 is 0 Å². The maximum atomic E-state index is 13.2. The zero-order valence-electron chi connectivity index (χ0n) is 10.6. The van der Waals surface area contributed by atoms with Crippen LogP contribution in [0.25, 0.3) is 5.69 Å². The molecule has 0 fully saturated rings. The Hall–Kier alpha value is -2.91. The van der Waals surface area contributed by atoms with Gasteiger partial charge in [0.15, 0.2) is 5.82 Å². The van der Waals surface area contributed by atoms with Crippen LogP contribution in [0.5, 0.6) is 0 Å². The largest absolute Gasteiger partial charge is 0.477 e. The zero-order chi connectivity index (χ0) is 16.5. The lowest BCUT2D eigenvalue weighted by molar-refractivity contribution is -0.167. The van der Waals surface area contributed by atoms with Gasteiger partial charge in [-0.05, 0) is 18.2 Å². The topological polar surface area (TPSA) is 84.2 Å². The molecule has 0 radical (unpaired) electrons. The van der Waals surface area contributed by atoms with Gasteiger partial charge in [0.25, 0.3) is 0 Å². The van der Waals surface area contributed by atoms with Crippen LogP contribution in [0.15, 0.2) is 30.5 Å². The molecule has 2 N–H and O–H groups in total. The molecule has 0 aliphatic heterocycles. The van der Waals surface area contributed by atoms with E-state index in [-0.39, 0.29) is 5.69 Å². The number of rotatable bonds is 3. The quantitative estimate of drug-likeness (QED) is 0.850. The molecular formula is C12H7F4N3O3. The van der Waals surface area contributed by atoms with Gasteiger partial charge in [-0.3, -0.25) is 4.79 Å². The van der Waals surface area contributed by atoms with E-state index in [2.05, 4.69) is 5.10 Å². The van der Waals surface area contributed by atoms with E-state index in [9.17, 15) is 27.2 Å². The Morgan fingerprint density at radius 3 is 2.50 bits per heavy atom. The number of nitrogens with zero attached hydrogens (tertiary/aromatic N) is 2. The minimum atomic E-state index is -5.22. The summed E-state index contributed by atoms with van der Waals surface area (Å²) in [7, 11) is 0. The number of aromatic carboxylic acids is 1. The number of benzene rings is 1. The van der Waals surface area contributed by atoms with Crippen LogP contribution in [0.2, 0.25) is 0 Å². The minimum absolute atomic E-state index is 0.0509. The van der Waals surface area contributed by atoms with Gasteiger partial charge in [0.1, 0.15) is 11.4 Å². The number of nitrogens with one attached hydrogen (secondary N) is 1. The van der Waals surface area contributed by atoms with Crippen molar-refractivity contribution in [1.82, 2.24) is 9.78 Å². The predicted molar refractivity (Wildman–Crippen MR) is 65.2 cm³/mol. The van der Waals surface area contributed by atoms with Gasteiger partial charge in [-0.15, -0.1) is 0 Å². The van der Waals surface area contributed by atoms with E-state index >= 15 is 0 Å². The second-order valence-electron chi connectivity index (χ2n) is 4.06. The summed E-state index contributed by atoms with van der Waals surface area (Å²) in [6, 6.07) is 4.54. The number of hydrogen-bond acceptors (Lipinski definition) is 3. The molecule has 0 atom stereocenters. The molecule has 0 bridgehead atoms. The molecule has 1 amide bonds. The van der Waals surface area contributed by atoms with Crippen molar-refractivity contribution in [3.63, 3.8) is 0 Å². The second kappa shape index (κ2) is 5.47. The highest BCUT2D eigenvalue weighted by Gasteiger charge is 2.40. The third-order valence-electron chi connectivity index (χ3n) is 2.54. The van der Waals surface area contributed by atoms with Crippen LogP contribution in [-0.4, -0.2) is 32.9 Å². The number of carbonyl (C=O) groups excluding carboxylic acids is 1. The average Bonchev–Trinajstić information content (AvgIpc) is 2.81. The molecule has 1 heterocycles. The highest BCUT2D eigenvalue weighted by molar-refractivity contribution is 6.01. The summed E-state index contributed by atoms with van der Waals surface area (Å²) in [4.78, 5) is 22.0. The molecule has 0 unspecified atom stereocenters. The average molecular weight is 317 g/mol. The molecule has 116 valence electrons. The summed E-state index contributed by atoms with van der Waals surface area (Å²) in [6.45, 7) is 0. The standard InChI is InChI=1S/C12H7F4N3O3/c13-6-2-1-3-7(4-6)19-9(8(5-17-19)10(20)21)18-11(22)12(14,15)16/h1-5H,(H,18,22)(H,20,21). The first-order valence-electron chi connectivity index (χ1n) is 5.65. The number of anilines is 1. The Morgan fingerprint density at radius 1 is 1.27 bits per heavy atom. The van der Waals surface area contributed by atoms with Gasteiger partial charge in [-0.1, -0.05) is 6.07 Å². The highest BCUT2D eigenvalue weighted by atomic mass is 19.4. The third-order valence-corrected chi connectivity index (χ3v) is 2.54. The van der Waals surface area contributed by atoms with E-state index in [1.165, 1.54) is 17.4 Å². The summed E-state index contributed by atoms with van der Waals surface area (Å²) >= 11 is 0. The summed E-state index contributed by atoms with van der Waals surface area (Å²) in [5.74, 6) is -5.40. The van der Waals surface area contributed by atoms with Crippen LogP contribution < -0.4 is 5.32 Å². The lowest BCUT2D eigenvalue weighted by Gasteiger charge is -2.11. The maximum Gasteiger partial charge on any atom is 0.471 e. The first-order chi connectivity index (χ1) is 10.2. The Morgan fingerprint density at radius 2 is 1.95 bits per heavy atom. The molecule has 10 heteroatoms. The third kappa shape index (κ3) is 3.05. The van der Waals surface area contributed by atoms with Crippen molar-refractivity contribution in [1.29, 1.82) is 0 Å². The summed E-state index contributed by atoms with van der Waals surface area (Å²) in [6.07, 6.45) is -4.47. The van der Waals surface area contributed by atoms with Gasteiger partial charge >= 0.3 is 18.1 Å². The van der Waals surface area contributed by atoms with Crippen molar-refractivity contribution < 1.29 is 32.3 Å². The van der Waals surface area contributed by atoms with Gasteiger partial charge in [0.05, 0.1) is 11.9 Å². The zero-order valence-corrected chi connectivity index (χ0v) is 10.6. The molecule has 1 aromatic carbocycles. The lowest BCUT2D eigenvalue weighted by Crippen LogP contribution is -2.31. The number of amides is 1. The van der Waals surface area contributed by atoms with Gasteiger partial charge in [-0.2, -0.15) is 18.3 Å². The first kappa shape index (κ1) is 15.5. The van der Waals surface area contributed by atoms with Crippen molar-refractivity contribution >= 4 is 17.7 Å². The summed E-state index contributed by atoms with van der Waals surface area (Å²) in [5, 5.41) is 13.9.